The number of rotatable bonds is 5. The van der Waals surface area contributed by atoms with Crippen LogP contribution in [-0.4, -0.2) is 11.1 Å². The second-order valence-corrected chi connectivity index (χ2v) is 5.40. The minimum atomic E-state index is -0.876. The molecule has 0 aliphatic heterocycles. The molecule has 0 aliphatic rings. The second-order valence-electron chi connectivity index (χ2n) is 4.24. The topological polar surface area (TPSA) is 46.5 Å². The molecule has 0 aliphatic carbocycles. The number of carboxylic acids is 1. The van der Waals surface area contributed by atoms with Gasteiger partial charge in [-0.2, -0.15) is 0 Å². The van der Waals surface area contributed by atoms with Crippen molar-refractivity contribution in [3.8, 4) is 5.75 Å². The van der Waals surface area contributed by atoms with Crippen LogP contribution in [0.25, 0.3) is 0 Å². The summed E-state index contributed by atoms with van der Waals surface area (Å²) >= 11 is 2.09. The van der Waals surface area contributed by atoms with Crippen molar-refractivity contribution in [3.63, 3.8) is 0 Å². The van der Waals surface area contributed by atoms with Crippen LogP contribution in [0.4, 0.5) is 4.39 Å². The Hall–Kier alpha value is -1.63. The Morgan fingerprint density at radius 3 is 2.55 bits per heavy atom. The highest BCUT2D eigenvalue weighted by molar-refractivity contribution is 14.1. The van der Waals surface area contributed by atoms with Gasteiger partial charge in [0.25, 0.3) is 0 Å². The normalized spacial score (nSPS) is 10.3. The molecule has 0 saturated heterocycles. The smallest absolute Gasteiger partial charge is 0.307 e. The third-order valence-corrected chi connectivity index (χ3v) is 3.73. The Bertz CT molecular complexity index is 611. The third-order valence-electron chi connectivity index (χ3n) is 2.68. The summed E-state index contributed by atoms with van der Waals surface area (Å²) in [6.45, 7) is 0.313. The van der Waals surface area contributed by atoms with Crippen LogP contribution in [0, 0.1) is 9.39 Å². The molecule has 2 rings (SSSR count). The maximum Gasteiger partial charge on any atom is 0.307 e. The van der Waals surface area contributed by atoms with Crippen molar-refractivity contribution >= 4 is 28.6 Å². The van der Waals surface area contributed by atoms with Gasteiger partial charge in [0.15, 0.2) is 0 Å². The van der Waals surface area contributed by atoms with Crippen molar-refractivity contribution in [2.75, 3.05) is 0 Å². The van der Waals surface area contributed by atoms with Crippen molar-refractivity contribution < 1.29 is 19.0 Å². The fraction of sp³-hybridized carbons (Fsp3) is 0.133. The van der Waals surface area contributed by atoms with Gasteiger partial charge in [0, 0.05) is 3.57 Å². The Labute approximate surface area is 129 Å². The number of halogens is 2. The molecule has 2 aromatic carbocycles. The number of carboxylic acid groups (broad SMARTS) is 1. The van der Waals surface area contributed by atoms with E-state index in [1.807, 2.05) is 6.07 Å². The van der Waals surface area contributed by atoms with Crippen LogP contribution >= 0.6 is 22.6 Å². The number of benzene rings is 2. The van der Waals surface area contributed by atoms with Crippen LogP contribution in [0.2, 0.25) is 0 Å². The Kier molecular flexibility index (Phi) is 4.94. The molecule has 0 atom stereocenters. The van der Waals surface area contributed by atoms with Gasteiger partial charge in [-0.15, -0.1) is 0 Å². The average molecular weight is 386 g/mol. The molecule has 104 valence electrons. The zero-order chi connectivity index (χ0) is 14.5. The minimum absolute atomic E-state index is 0.0357. The maximum absolute atomic E-state index is 12.8. The molecule has 0 radical (unpaired) electrons. The molecule has 5 heteroatoms. The molecule has 20 heavy (non-hydrogen) atoms. The molecular weight excluding hydrogens is 374 g/mol. The molecule has 0 bridgehead atoms. The molecule has 0 fully saturated rings. The molecule has 0 heterocycles. The van der Waals surface area contributed by atoms with E-state index in [-0.39, 0.29) is 12.2 Å². The first kappa shape index (κ1) is 14.8. The van der Waals surface area contributed by atoms with E-state index in [4.69, 9.17) is 9.84 Å². The fourth-order valence-electron chi connectivity index (χ4n) is 1.69. The molecule has 2 aromatic rings. The van der Waals surface area contributed by atoms with Crippen LogP contribution in [0.3, 0.4) is 0 Å². The number of ether oxygens (including phenoxy) is 1. The van der Waals surface area contributed by atoms with Crippen LogP contribution < -0.4 is 4.74 Å². The highest BCUT2D eigenvalue weighted by Crippen LogP contribution is 2.21. The number of carbonyl (C=O) groups is 1. The molecule has 3 nitrogen and oxygen atoms in total. The predicted molar refractivity (Wildman–Crippen MR) is 81.2 cm³/mol. The third kappa shape index (κ3) is 4.19. The molecule has 0 amide bonds. The standard InChI is InChI=1S/C15H12FIO3/c16-12-3-1-10(2-4-12)9-20-13-5-6-14(17)11(7-13)8-15(18)19/h1-7H,8-9H2,(H,18,19). The van der Waals surface area contributed by atoms with Gasteiger partial charge in [-0.05, 0) is 64.0 Å². The van der Waals surface area contributed by atoms with E-state index in [0.29, 0.717) is 12.4 Å². The highest BCUT2D eigenvalue weighted by Gasteiger charge is 2.07. The first-order valence-corrected chi connectivity index (χ1v) is 7.00. The summed E-state index contributed by atoms with van der Waals surface area (Å²) in [4.78, 5) is 10.8. The van der Waals surface area contributed by atoms with E-state index in [2.05, 4.69) is 22.6 Å². The average Bonchev–Trinajstić information content (AvgIpc) is 2.41. The van der Waals surface area contributed by atoms with Crippen molar-refractivity contribution in [1.82, 2.24) is 0 Å². The molecule has 0 spiro atoms. The SMILES string of the molecule is O=C(O)Cc1cc(OCc2ccc(F)cc2)ccc1I. The number of hydrogen-bond acceptors (Lipinski definition) is 2. The predicted octanol–water partition coefficient (Wildman–Crippen LogP) is 3.64. The lowest BCUT2D eigenvalue weighted by Gasteiger charge is -2.09. The second kappa shape index (κ2) is 6.69. The van der Waals surface area contributed by atoms with Crippen molar-refractivity contribution in [3.05, 3.63) is 63.0 Å². The summed E-state index contributed by atoms with van der Waals surface area (Å²) in [6, 6.07) is 11.4. The summed E-state index contributed by atoms with van der Waals surface area (Å²) in [5.74, 6) is -0.559. The molecule has 1 N–H and O–H groups in total. The lowest BCUT2D eigenvalue weighted by molar-refractivity contribution is -0.136. The van der Waals surface area contributed by atoms with Crippen LogP contribution in [0.15, 0.2) is 42.5 Å². The summed E-state index contributed by atoms with van der Waals surface area (Å²) in [7, 11) is 0. The summed E-state index contributed by atoms with van der Waals surface area (Å²) in [6.07, 6.45) is -0.0357. The van der Waals surface area contributed by atoms with Crippen molar-refractivity contribution in [2.45, 2.75) is 13.0 Å². The van der Waals surface area contributed by atoms with Gasteiger partial charge in [-0.25, -0.2) is 4.39 Å². The summed E-state index contributed by atoms with van der Waals surface area (Å²) in [5.41, 5.74) is 1.57. The zero-order valence-corrected chi connectivity index (χ0v) is 12.6. The maximum atomic E-state index is 12.8. The molecule has 0 saturated carbocycles. The summed E-state index contributed by atoms with van der Waals surface area (Å²) < 4.78 is 19.2. The van der Waals surface area contributed by atoms with Gasteiger partial charge in [-0.3, -0.25) is 4.79 Å². The highest BCUT2D eigenvalue weighted by atomic mass is 127. The lowest BCUT2D eigenvalue weighted by atomic mass is 10.1. The van der Waals surface area contributed by atoms with Gasteiger partial charge in [0.2, 0.25) is 0 Å². The van der Waals surface area contributed by atoms with Gasteiger partial charge in [0.1, 0.15) is 18.2 Å². The monoisotopic (exact) mass is 386 g/mol. The van der Waals surface area contributed by atoms with Crippen molar-refractivity contribution in [2.24, 2.45) is 0 Å². The first-order valence-electron chi connectivity index (χ1n) is 5.92. The molecule has 0 unspecified atom stereocenters. The van der Waals surface area contributed by atoms with Gasteiger partial charge in [-0.1, -0.05) is 12.1 Å². The van der Waals surface area contributed by atoms with E-state index in [1.54, 1.807) is 24.3 Å². The number of hydrogen-bond donors (Lipinski definition) is 1. The van der Waals surface area contributed by atoms with E-state index >= 15 is 0 Å². The quantitative estimate of drug-likeness (QED) is 0.799. The minimum Gasteiger partial charge on any atom is -0.489 e. The largest absolute Gasteiger partial charge is 0.489 e. The van der Waals surface area contributed by atoms with Gasteiger partial charge in [0.05, 0.1) is 6.42 Å². The number of aliphatic carboxylic acids is 1. The van der Waals surface area contributed by atoms with E-state index in [1.165, 1.54) is 12.1 Å². The molecular formula is C15H12FIO3. The van der Waals surface area contributed by atoms with Crippen LogP contribution in [-0.2, 0) is 17.8 Å². The van der Waals surface area contributed by atoms with E-state index < -0.39 is 5.97 Å². The zero-order valence-electron chi connectivity index (χ0n) is 10.5. The van der Waals surface area contributed by atoms with Crippen LogP contribution in [0.5, 0.6) is 5.75 Å². The van der Waals surface area contributed by atoms with E-state index in [9.17, 15) is 9.18 Å². The fourth-order valence-corrected chi connectivity index (χ4v) is 2.21. The molecule has 0 aromatic heterocycles. The van der Waals surface area contributed by atoms with Crippen molar-refractivity contribution in [1.29, 1.82) is 0 Å². The summed E-state index contributed by atoms with van der Waals surface area (Å²) in [5, 5.41) is 8.84. The van der Waals surface area contributed by atoms with E-state index in [0.717, 1.165) is 14.7 Å². The lowest BCUT2D eigenvalue weighted by Crippen LogP contribution is -2.03. The van der Waals surface area contributed by atoms with Gasteiger partial charge >= 0.3 is 5.97 Å². The Morgan fingerprint density at radius 2 is 1.90 bits per heavy atom. The van der Waals surface area contributed by atoms with Gasteiger partial charge < -0.3 is 9.84 Å². The Morgan fingerprint density at radius 1 is 1.20 bits per heavy atom. The first-order chi connectivity index (χ1) is 9.54. The Balaban J connectivity index is 2.06. The van der Waals surface area contributed by atoms with Crippen LogP contribution in [0.1, 0.15) is 11.1 Å².